The quantitative estimate of drug-likeness (QED) is 0.831. The Labute approximate surface area is 77.7 Å². The van der Waals surface area contributed by atoms with Gasteiger partial charge in [0.15, 0.2) is 0 Å². The van der Waals surface area contributed by atoms with Gasteiger partial charge in [0, 0.05) is 4.47 Å². The fraction of sp³-hybridized carbons (Fsp3) is 0.125. The van der Waals surface area contributed by atoms with Crippen LogP contribution in [-0.2, 0) is 4.79 Å². The van der Waals surface area contributed by atoms with Crippen molar-refractivity contribution in [2.75, 3.05) is 0 Å². The number of nitrogens with two attached hydrogens (primary N) is 1. The maximum atomic E-state index is 12.9. The van der Waals surface area contributed by atoms with E-state index < -0.39 is 12.1 Å². The molecule has 0 aliphatic heterocycles. The molecule has 0 aromatic heterocycles. The number of primary amides is 1. The summed E-state index contributed by atoms with van der Waals surface area (Å²) in [4.78, 5) is 10.4. The van der Waals surface area contributed by atoms with Crippen LogP contribution in [0.25, 0.3) is 0 Å². The van der Waals surface area contributed by atoms with Crippen LogP contribution in [0.4, 0.5) is 4.39 Å². The average molecular weight is 232 g/mol. The van der Waals surface area contributed by atoms with Crippen molar-refractivity contribution >= 4 is 21.8 Å². The number of rotatable bonds is 2. The van der Waals surface area contributed by atoms with E-state index in [2.05, 4.69) is 15.9 Å². The highest BCUT2D eigenvalue weighted by atomic mass is 79.9. The SMILES string of the molecule is NC(=O)C(F)c1cccc(Br)c1. The minimum Gasteiger partial charge on any atom is -0.367 e. The Hall–Kier alpha value is -0.900. The van der Waals surface area contributed by atoms with Crippen LogP contribution in [0.1, 0.15) is 11.7 Å². The number of halogens is 2. The van der Waals surface area contributed by atoms with E-state index >= 15 is 0 Å². The Morgan fingerprint density at radius 3 is 2.75 bits per heavy atom. The summed E-state index contributed by atoms with van der Waals surface area (Å²) in [5.74, 6) is -0.965. The highest BCUT2D eigenvalue weighted by molar-refractivity contribution is 9.10. The molecule has 0 saturated carbocycles. The van der Waals surface area contributed by atoms with Gasteiger partial charge < -0.3 is 5.73 Å². The van der Waals surface area contributed by atoms with Crippen LogP contribution in [0.3, 0.4) is 0 Å². The number of alkyl halides is 1. The summed E-state index contributed by atoms with van der Waals surface area (Å²) in [5.41, 5.74) is 5.06. The molecule has 0 spiro atoms. The molecule has 4 heteroatoms. The molecule has 12 heavy (non-hydrogen) atoms. The maximum Gasteiger partial charge on any atom is 0.256 e. The van der Waals surface area contributed by atoms with Gasteiger partial charge in [0.2, 0.25) is 6.17 Å². The molecule has 1 unspecified atom stereocenters. The van der Waals surface area contributed by atoms with Crippen molar-refractivity contribution < 1.29 is 9.18 Å². The fourth-order valence-corrected chi connectivity index (χ4v) is 1.25. The van der Waals surface area contributed by atoms with E-state index in [1.807, 2.05) is 0 Å². The van der Waals surface area contributed by atoms with E-state index in [1.165, 1.54) is 12.1 Å². The van der Waals surface area contributed by atoms with Gasteiger partial charge >= 0.3 is 0 Å². The molecule has 1 aromatic carbocycles. The first-order valence-corrected chi connectivity index (χ1v) is 4.09. The van der Waals surface area contributed by atoms with Crippen molar-refractivity contribution in [3.63, 3.8) is 0 Å². The minimum absolute atomic E-state index is 0.275. The fourth-order valence-electron chi connectivity index (χ4n) is 0.829. The molecule has 1 aromatic rings. The number of hydrogen-bond donors (Lipinski definition) is 1. The summed E-state index contributed by atoms with van der Waals surface area (Å²) < 4.78 is 13.7. The first-order chi connectivity index (χ1) is 5.61. The maximum absolute atomic E-state index is 12.9. The highest BCUT2D eigenvalue weighted by Gasteiger charge is 2.15. The van der Waals surface area contributed by atoms with Gasteiger partial charge in [-0.1, -0.05) is 28.1 Å². The number of benzene rings is 1. The number of carbonyl (C=O) groups excluding carboxylic acids is 1. The van der Waals surface area contributed by atoms with Crippen LogP contribution in [0.15, 0.2) is 28.7 Å². The summed E-state index contributed by atoms with van der Waals surface area (Å²) >= 11 is 3.16. The Kier molecular flexibility index (Phi) is 2.81. The average Bonchev–Trinajstić information content (AvgIpc) is 2.03. The third kappa shape index (κ3) is 2.04. The molecule has 0 radical (unpaired) electrons. The van der Waals surface area contributed by atoms with E-state index in [4.69, 9.17) is 5.73 Å². The normalized spacial score (nSPS) is 12.5. The second-order valence-corrected chi connectivity index (χ2v) is 3.24. The van der Waals surface area contributed by atoms with E-state index in [0.717, 1.165) is 4.47 Å². The van der Waals surface area contributed by atoms with Crippen LogP contribution in [0.5, 0.6) is 0 Å². The zero-order valence-corrected chi connectivity index (χ0v) is 7.71. The first-order valence-electron chi connectivity index (χ1n) is 3.30. The lowest BCUT2D eigenvalue weighted by atomic mass is 10.1. The van der Waals surface area contributed by atoms with Crippen molar-refractivity contribution in [2.45, 2.75) is 6.17 Å². The predicted molar refractivity (Wildman–Crippen MR) is 47.2 cm³/mol. The first kappa shape index (κ1) is 9.19. The summed E-state index contributed by atoms with van der Waals surface area (Å²) in [6, 6.07) is 6.43. The molecule has 2 N–H and O–H groups in total. The van der Waals surface area contributed by atoms with Crippen LogP contribution in [0.2, 0.25) is 0 Å². The van der Waals surface area contributed by atoms with Crippen molar-refractivity contribution in [2.24, 2.45) is 5.73 Å². The molecule has 0 fully saturated rings. The predicted octanol–water partition coefficient (Wildman–Crippen LogP) is 1.95. The lowest BCUT2D eigenvalue weighted by molar-refractivity contribution is -0.122. The van der Waals surface area contributed by atoms with Crippen LogP contribution >= 0.6 is 15.9 Å². The molecule has 0 saturated heterocycles. The second kappa shape index (κ2) is 3.67. The molecule has 0 bridgehead atoms. The molecule has 0 aliphatic carbocycles. The molecule has 1 amide bonds. The minimum atomic E-state index is -1.72. The summed E-state index contributed by atoms with van der Waals surface area (Å²) in [6.45, 7) is 0. The zero-order chi connectivity index (χ0) is 9.14. The van der Waals surface area contributed by atoms with Crippen molar-refractivity contribution in [1.82, 2.24) is 0 Å². The van der Waals surface area contributed by atoms with Gasteiger partial charge in [-0.3, -0.25) is 4.79 Å². The standard InChI is InChI=1S/C8H7BrFNO/c9-6-3-1-2-5(4-6)7(10)8(11)12/h1-4,7H,(H2,11,12). The summed E-state index contributed by atoms with van der Waals surface area (Å²) in [6.07, 6.45) is -1.72. The van der Waals surface area contributed by atoms with Gasteiger partial charge in [-0.2, -0.15) is 0 Å². The second-order valence-electron chi connectivity index (χ2n) is 2.32. The van der Waals surface area contributed by atoms with Gasteiger partial charge in [-0.25, -0.2) is 4.39 Å². The monoisotopic (exact) mass is 231 g/mol. The van der Waals surface area contributed by atoms with Crippen molar-refractivity contribution in [3.8, 4) is 0 Å². The number of amides is 1. The molecule has 2 nitrogen and oxygen atoms in total. The smallest absolute Gasteiger partial charge is 0.256 e. The van der Waals surface area contributed by atoms with E-state index in [-0.39, 0.29) is 5.56 Å². The Bertz CT molecular complexity index is 303. The third-order valence-electron chi connectivity index (χ3n) is 1.39. The van der Waals surface area contributed by atoms with Gasteiger partial charge in [0.25, 0.3) is 5.91 Å². The van der Waals surface area contributed by atoms with E-state index in [1.54, 1.807) is 12.1 Å². The summed E-state index contributed by atoms with van der Waals surface area (Å²) in [5, 5.41) is 0. The summed E-state index contributed by atoms with van der Waals surface area (Å²) in [7, 11) is 0. The molecule has 0 aliphatic rings. The molecular formula is C8H7BrFNO. The van der Waals surface area contributed by atoms with E-state index in [0.29, 0.717) is 0 Å². The van der Waals surface area contributed by atoms with Gasteiger partial charge in [-0.05, 0) is 17.7 Å². The van der Waals surface area contributed by atoms with Crippen LogP contribution in [-0.4, -0.2) is 5.91 Å². The lowest BCUT2D eigenvalue weighted by Crippen LogP contribution is -2.17. The number of carbonyl (C=O) groups is 1. The number of hydrogen-bond acceptors (Lipinski definition) is 1. The molecular weight excluding hydrogens is 225 g/mol. The highest BCUT2D eigenvalue weighted by Crippen LogP contribution is 2.20. The molecule has 1 atom stereocenters. The van der Waals surface area contributed by atoms with Crippen LogP contribution < -0.4 is 5.73 Å². The largest absolute Gasteiger partial charge is 0.367 e. The Balaban J connectivity index is 2.95. The molecule has 64 valence electrons. The van der Waals surface area contributed by atoms with Gasteiger partial charge in [0.1, 0.15) is 0 Å². The molecule has 1 rings (SSSR count). The lowest BCUT2D eigenvalue weighted by Gasteiger charge is -2.03. The Morgan fingerprint density at radius 2 is 2.25 bits per heavy atom. The van der Waals surface area contributed by atoms with Crippen molar-refractivity contribution in [3.05, 3.63) is 34.3 Å². The van der Waals surface area contributed by atoms with Gasteiger partial charge in [-0.15, -0.1) is 0 Å². The van der Waals surface area contributed by atoms with Gasteiger partial charge in [0.05, 0.1) is 0 Å². The van der Waals surface area contributed by atoms with Crippen molar-refractivity contribution in [1.29, 1.82) is 0 Å². The third-order valence-corrected chi connectivity index (χ3v) is 1.88. The van der Waals surface area contributed by atoms with E-state index in [9.17, 15) is 9.18 Å². The molecule has 0 heterocycles. The Morgan fingerprint density at radius 1 is 1.58 bits per heavy atom. The zero-order valence-electron chi connectivity index (χ0n) is 6.13. The van der Waals surface area contributed by atoms with Crippen LogP contribution in [0, 0.1) is 0 Å². The topological polar surface area (TPSA) is 43.1 Å².